The summed E-state index contributed by atoms with van der Waals surface area (Å²) in [6.07, 6.45) is 1.75. The molecule has 0 unspecified atom stereocenters. The molecule has 8 heteroatoms. The molecule has 0 bridgehead atoms. The fraction of sp³-hybridized carbons (Fsp3) is 0.208. The third-order valence-corrected chi connectivity index (χ3v) is 6.56. The summed E-state index contributed by atoms with van der Waals surface area (Å²) in [5.41, 5.74) is 1.93. The molecule has 2 N–H and O–H groups in total. The number of amides is 1. The molecule has 4 rings (SSSR count). The number of carbonyl (C=O) groups is 1. The lowest BCUT2D eigenvalue weighted by Gasteiger charge is -2.12. The number of hydrogen-bond donors (Lipinski definition) is 2. The molecule has 1 fully saturated rings. The van der Waals surface area contributed by atoms with Crippen LogP contribution in [0.3, 0.4) is 0 Å². The maximum absolute atomic E-state index is 13.1. The second-order valence-electron chi connectivity index (χ2n) is 7.63. The number of nitrogens with one attached hydrogen (secondary N) is 2. The van der Waals surface area contributed by atoms with Crippen LogP contribution < -0.4 is 14.8 Å². The van der Waals surface area contributed by atoms with Gasteiger partial charge in [0.15, 0.2) is 0 Å². The predicted octanol–water partition coefficient (Wildman–Crippen LogP) is 3.78. The van der Waals surface area contributed by atoms with E-state index in [1.807, 2.05) is 0 Å². The van der Waals surface area contributed by atoms with Gasteiger partial charge in [0, 0.05) is 12.6 Å². The lowest BCUT2D eigenvalue weighted by Crippen LogP contribution is -2.26. The Morgan fingerprint density at radius 3 is 2.28 bits per heavy atom. The second kappa shape index (κ2) is 9.50. The molecule has 0 aliphatic heterocycles. The van der Waals surface area contributed by atoms with Crippen LogP contribution >= 0.6 is 0 Å². The first-order valence-electron chi connectivity index (χ1n) is 10.3. The molecule has 0 spiro atoms. The summed E-state index contributed by atoms with van der Waals surface area (Å²) in [6.45, 7) is 0.441. The molecule has 1 aliphatic rings. The van der Waals surface area contributed by atoms with Crippen LogP contribution in [-0.2, 0) is 23.2 Å². The summed E-state index contributed by atoms with van der Waals surface area (Å²) in [5.74, 6) is -0.216. The molecular formula is C24H23FN2O4S. The Morgan fingerprint density at radius 1 is 0.938 bits per heavy atom. The van der Waals surface area contributed by atoms with E-state index in [-0.39, 0.29) is 35.8 Å². The Morgan fingerprint density at radius 2 is 1.59 bits per heavy atom. The van der Waals surface area contributed by atoms with E-state index < -0.39 is 10.0 Å². The van der Waals surface area contributed by atoms with E-state index in [9.17, 15) is 17.6 Å². The van der Waals surface area contributed by atoms with Crippen molar-refractivity contribution in [2.75, 3.05) is 0 Å². The van der Waals surface area contributed by atoms with E-state index in [4.69, 9.17) is 4.74 Å². The van der Waals surface area contributed by atoms with Crippen molar-refractivity contribution in [2.45, 2.75) is 36.9 Å². The lowest BCUT2D eigenvalue weighted by atomic mass is 10.1. The van der Waals surface area contributed by atoms with Crippen molar-refractivity contribution in [2.24, 2.45) is 0 Å². The molecule has 0 heterocycles. The van der Waals surface area contributed by atoms with E-state index >= 15 is 0 Å². The molecule has 0 aromatic heterocycles. The van der Waals surface area contributed by atoms with Crippen LogP contribution in [0.25, 0.3) is 0 Å². The molecule has 32 heavy (non-hydrogen) atoms. The highest BCUT2D eigenvalue weighted by molar-refractivity contribution is 7.89. The van der Waals surface area contributed by atoms with Crippen molar-refractivity contribution >= 4 is 15.9 Å². The van der Waals surface area contributed by atoms with Gasteiger partial charge in [0.1, 0.15) is 18.2 Å². The minimum Gasteiger partial charge on any atom is -0.488 e. The molecule has 3 aromatic rings. The average Bonchev–Trinajstić information content (AvgIpc) is 3.61. The van der Waals surface area contributed by atoms with Gasteiger partial charge in [-0.25, -0.2) is 17.5 Å². The quantitative estimate of drug-likeness (QED) is 0.516. The molecule has 1 amide bonds. The zero-order valence-corrected chi connectivity index (χ0v) is 18.1. The van der Waals surface area contributed by atoms with Crippen LogP contribution in [0.5, 0.6) is 5.75 Å². The number of carbonyl (C=O) groups excluding carboxylic acids is 1. The predicted molar refractivity (Wildman–Crippen MR) is 118 cm³/mol. The summed E-state index contributed by atoms with van der Waals surface area (Å²) in [4.78, 5) is 12.9. The van der Waals surface area contributed by atoms with Gasteiger partial charge in [0.25, 0.3) is 5.91 Å². The summed E-state index contributed by atoms with van der Waals surface area (Å²) in [5, 5.41) is 2.83. The largest absolute Gasteiger partial charge is 0.488 e. The highest BCUT2D eigenvalue weighted by Crippen LogP contribution is 2.23. The van der Waals surface area contributed by atoms with Gasteiger partial charge >= 0.3 is 0 Å². The molecule has 166 valence electrons. The fourth-order valence-corrected chi connectivity index (χ4v) is 4.38. The normalized spacial score (nSPS) is 13.5. The van der Waals surface area contributed by atoms with E-state index in [1.54, 1.807) is 48.5 Å². The fourth-order valence-electron chi connectivity index (χ4n) is 3.07. The van der Waals surface area contributed by atoms with Gasteiger partial charge in [-0.15, -0.1) is 0 Å². The highest BCUT2D eigenvalue weighted by Gasteiger charge is 2.27. The van der Waals surface area contributed by atoms with E-state index in [1.165, 1.54) is 24.3 Å². The zero-order valence-electron chi connectivity index (χ0n) is 17.3. The topological polar surface area (TPSA) is 84.5 Å². The van der Waals surface area contributed by atoms with Gasteiger partial charge in [-0.05, 0) is 60.4 Å². The van der Waals surface area contributed by atoms with Crippen LogP contribution in [0, 0.1) is 5.82 Å². The average molecular weight is 455 g/mol. The number of ether oxygens (including phenoxy) is 1. The van der Waals surface area contributed by atoms with Gasteiger partial charge < -0.3 is 10.1 Å². The Kier molecular flexibility index (Phi) is 6.53. The number of halogens is 1. The van der Waals surface area contributed by atoms with E-state index in [2.05, 4.69) is 10.0 Å². The van der Waals surface area contributed by atoms with Crippen molar-refractivity contribution < 1.29 is 22.3 Å². The molecule has 6 nitrogen and oxygen atoms in total. The van der Waals surface area contributed by atoms with E-state index in [0.717, 1.165) is 24.0 Å². The lowest BCUT2D eigenvalue weighted by molar-refractivity contribution is 0.0946. The number of para-hydroxylation sites is 1. The van der Waals surface area contributed by atoms with Crippen LogP contribution in [0.1, 0.15) is 34.3 Å². The summed E-state index contributed by atoms with van der Waals surface area (Å²) < 4.78 is 46.0. The second-order valence-corrected chi connectivity index (χ2v) is 9.35. The molecule has 0 atom stereocenters. The Hall–Kier alpha value is -3.23. The van der Waals surface area contributed by atoms with Gasteiger partial charge in [-0.1, -0.05) is 36.4 Å². The van der Waals surface area contributed by atoms with Crippen LogP contribution in [0.15, 0.2) is 77.7 Å². The number of hydrogen-bond acceptors (Lipinski definition) is 4. The van der Waals surface area contributed by atoms with Crippen molar-refractivity contribution in [1.29, 1.82) is 0 Å². The van der Waals surface area contributed by atoms with Gasteiger partial charge in [-0.3, -0.25) is 4.79 Å². The molecule has 0 saturated heterocycles. The minimum absolute atomic E-state index is 0.0457. The van der Waals surface area contributed by atoms with Gasteiger partial charge in [-0.2, -0.15) is 0 Å². The van der Waals surface area contributed by atoms with Crippen molar-refractivity contribution in [3.8, 4) is 5.75 Å². The van der Waals surface area contributed by atoms with Crippen LogP contribution in [0.2, 0.25) is 0 Å². The number of benzene rings is 3. The highest BCUT2D eigenvalue weighted by atomic mass is 32.2. The summed E-state index contributed by atoms with van der Waals surface area (Å²) in [7, 11) is -3.50. The maximum Gasteiger partial charge on any atom is 0.255 e. The van der Waals surface area contributed by atoms with Crippen molar-refractivity contribution in [3.05, 3.63) is 95.3 Å². The van der Waals surface area contributed by atoms with Crippen LogP contribution in [0.4, 0.5) is 4.39 Å². The third kappa shape index (κ3) is 5.72. The smallest absolute Gasteiger partial charge is 0.255 e. The SMILES string of the molecule is O=C(NCc1ccc(S(=O)(=O)NC2CC2)cc1)c1ccccc1OCc1ccc(F)cc1. The number of rotatable bonds is 9. The molecule has 3 aromatic carbocycles. The van der Waals surface area contributed by atoms with E-state index in [0.29, 0.717) is 11.3 Å². The van der Waals surface area contributed by atoms with Gasteiger partial charge in [0.05, 0.1) is 10.5 Å². The Labute approximate surface area is 186 Å². The Balaban J connectivity index is 1.36. The first kappa shape index (κ1) is 22.0. The standard InChI is InChI=1S/C24H23FN2O4S/c25-19-9-5-18(6-10-19)16-31-23-4-2-1-3-22(23)24(28)26-15-17-7-13-21(14-8-17)32(29,30)27-20-11-12-20/h1-10,13-14,20,27H,11-12,15-16H2,(H,26,28). The first-order chi connectivity index (χ1) is 15.4. The summed E-state index contributed by atoms with van der Waals surface area (Å²) in [6, 6.07) is 19.3. The van der Waals surface area contributed by atoms with Crippen molar-refractivity contribution in [1.82, 2.24) is 10.0 Å². The van der Waals surface area contributed by atoms with Crippen molar-refractivity contribution in [3.63, 3.8) is 0 Å². The third-order valence-electron chi connectivity index (χ3n) is 5.03. The molecule has 1 saturated carbocycles. The molecular weight excluding hydrogens is 431 g/mol. The molecule has 0 radical (unpaired) electrons. The van der Waals surface area contributed by atoms with Gasteiger partial charge in [0.2, 0.25) is 10.0 Å². The Bertz CT molecular complexity index is 1190. The van der Waals surface area contributed by atoms with Crippen LogP contribution in [-0.4, -0.2) is 20.4 Å². The monoisotopic (exact) mass is 454 g/mol. The molecule has 1 aliphatic carbocycles. The zero-order chi connectivity index (χ0) is 22.6. The summed E-state index contributed by atoms with van der Waals surface area (Å²) >= 11 is 0. The minimum atomic E-state index is -3.50. The number of sulfonamides is 1. The first-order valence-corrected chi connectivity index (χ1v) is 11.7. The maximum atomic E-state index is 13.1.